The molecule has 0 aliphatic heterocycles. The van der Waals surface area contributed by atoms with Crippen LogP contribution < -0.4 is 0 Å². The van der Waals surface area contributed by atoms with Crippen molar-refractivity contribution in [2.45, 2.75) is 39.2 Å². The predicted molar refractivity (Wildman–Crippen MR) is 113 cm³/mol. The molecule has 0 amide bonds. The standard InChI is InChI=1S/C23H19N3O7/c1-11(20-24-22(25-33-20)23(2,3)4)32-21(29)15-10-9-14-16(17(15)26(30)31)19(28)13-8-6-5-7-12(13)18(14)27/h5-11H,1-4H3. The van der Waals surface area contributed by atoms with Gasteiger partial charge in [0.2, 0.25) is 5.78 Å². The van der Waals surface area contributed by atoms with Crippen molar-refractivity contribution in [3.8, 4) is 0 Å². The molecule has 0 saturated carbocycles. The first kappa shape index (κ1) is 22.0. The number of carbonyl (C=O) groups excluding carboxylic acids is 3. The van der Waals surface area contributed by atoms with Crippen LogP contribution in [0, 0.1) is 10.1 Å². The van der Waals surface area contributed by atoms with Crippen LogP contribution in [0.4, 0.5) is 5.69 Å². The molecule has 2 aromatic carbocycles. The molecule has 1 heterocycles. The number of ether oxygens (including phenoxy) is 1. The maximum atomic E-state index is 13.1. The summed E-state index contributed by atoms with van der Waals surface area (Å²) in [7, 11) is 0. The number of rotatable bonds is 4. The zero-order valence-electron chi connectivity index (χ0n) is 18.2. The summed E-state index contributed by atoms with van der Waals surface area (Å²) in [5.74, 6) is -1.87. The van der Waals surface area contributed by atoms with Gasteiger partial charge in [-0.25, -0.2) is 4.79 Å². The fourth-order valence-corrected chi connectivity index (χ4v) is 3.50. The summed E-state index contributed by atoms with van der Waals surface area (Å²) in [6.07, 6.45) is -1.00. The van der Waals surface area contributed by atoms with Crippen molar-refractivity contribution in [1.29, 1.82) is 0 Å². The van der Waals surface area contributed by atoms with Crippen LogP contribution in [-0.2, 0) is 10.2 Å². The first-order valence-electron chi connectivity index (χ1n) is 10.1. The second-order valence-electron chi connectivity index (χ2n) is 8.60. The minimum absolute atomic E-state index is 0.0223. The molecular formula is C23H19N3O7. The Balaban J connectivity index is 1.72. The van der Waals surface area contributed by atoms with E-state index in [1.54, 1.807) is 12.1 Å². The highest BCUT2D eigenvalue weighted by atomic mass is 16.6. The van der Waals surface area contributed by atoms with Gasteiger partial charge in [0.05, 0.1) is 4.92 Å². The molecule has 10 nitrogen and oxygen atoms in total. The Morgan fingerprint density at radius 3 is 2.27 bits per heavy atom. The summed E-state index contributed by atoms with van der Waals surface area (Å²) >= 11 is 0. The molecule has 1 aliphatic rings. The van der Waals surface area contributed by atoms with Crippen LogP contribution in [0.25, 0.3) is 0 Å². The van der Waals surface area contributed by atoms with E-state index in [-0.39, 0.29) is 22.6 Å². The van der Waals surface area contributed by atoms with E-state index in [9.17, 15) is 24.5 Å². The first-order valence-corrected chi connectivity index (χ1v) is 10.1. The van der Waals surface area contributed by atoms with Crippen molar-refractivity contribution >= 4 is 23.2 Å². The number of hydrogen-bond acceptors (Lipinski definition) is 9. The van der Waals surface area contributed by atoms with Crippen LogP contribution >= 0.6 is 0 Å². The van der Waals surface area contributed by atoms with Crippen LogP contribution in [0.2, 0.25) is 0 Å². The monoisotopic (exact) mass is 449 g/mol. The molecule has 0 spiro atoms. The summed E-state index contributed by atoms with van der Waals surface area (Å²) in [6.45, 7) is 7.12. The van der Waals surface area contributed by atoms with Crippen LogP contribution in [0.1, 0.15) is 87.7 Å². The lowest BCUT2D eigenvalue weighted by molar-refractivity contribution is -0.385. The molecule has 0 fully saturated rings. The maximum absolute atomic E-state index is 13.1. The van der Waals surface area contributed by atoms with Gasteiger partial charge in [0.25, 0.3) is 11.6 Å². The molecule has 1 atom stereocenters. The highest BCUT2D eigenvalue weighted by Gasteiger charge is 2.39. The molecule has 0 radical (unpaired) electrons. The fourth-order valence-electron chi connectivity index (χ4n) is 3.50. The Hall–Kier alpha value is -4.21. The maximum Gasteiger partial charge on any atom is 0.345 e. The summed E-state index contributed by atoms with van der Waals surface area (Å²) in [5, 5.41) is 15.8. The van der Waals surface area contributed by atoms with E-state index >= 15 is 0 Å². The summed E-state index contributed by atoms with van der Waals surface area (Å²) in [4.78, 5) is 54.0. The smallest absolute Gasteiger partial charge is 0.345 e. The van der Waals surface area contributed by atoms with Gasteiger partial charge in [-0.15, -0.1) is 0 Å². The highest BCUT2D eigenvalue weighted by Crippen LogP contribution is 2.36. The lowest BCUT2D eigenvalue weighted by Crippen LogP contribution is -2.24. The topological polar surface area (TPSA) is 142 Å². The number of benzene rings is 2. The predicted octanol–water partition coefficient (Wildman–Crippen LogP) is 3.97. The molecule has 1 unspecified atom stereocenters. The Bertz CT molecular complexity index is 1330. The SMILES string of the molecule is CC(OC(=O)c1ccc2c(c1[N+](=O)[O-])C(=O)c1ccccc1C2=O)c1nc(C(C)(C)C)no1. The number of nitrogens with zero attached hydrogens (tertiary/aromatic N) is 3. The third kappa shape index (κ3) is 3.69. The normalized spacial score (nSPS) is 13.8. The van der Waals surface area contributed by atoms with Gasteiger partial charge in [-0.05, 0) is 19.1 Å². The zero-order valence-corrected chi connectivity index (χ0v) is 18.2. The zero-order chi connectivity index (χ0) is 24.1. The fraction of sp³-hybridized carbons (Fsp3) is 0.261. The van der Waals surface area contributed by atoms with E-state index in [0.717, 1.165) is 6.07 Å². The number of nitro groups is 1. The van der Waals surface area contributed by atoms with Gasteiger partial charge in [0.1, 0.15) is 11.1 Å². The lowest BCUT2D eigenvalue weighted by atomic mass is 9.82. The van der Waals surface area contributed by atoms with Crippen LogP contribution in [0.15, 0.2) is 40.9 Å². The Kier molecular flexibility index (Phi) is 5.15. The van der Waals surface area contributed by atoms with Crippen molar-refractivity contribution in [1.82, 2.24) is 10.1 Å². The van der Waals surface area contributed by atoms with E-state index < -0.39 is 50.8 Å². The minimum Gasteiger partial charge on any atom is -0.449 e. The van der Waals surface area contributed by atoms with Crippen molar-refractivity contribution in [3.05, 3.63) is 86.0 Å². The average Bonchev–Trinajstić information content (AvgIpc) is 3.27. The summed E-state index contributed by atoms with van der Waals surface area (Å²) in [6, 6.07) is 8.38. The summed E-state index contributed by atoms with van der Waals surface area (Å²) < 4.78 is 10.5. The third-order valence-electron chi connectivity index (χ3n) is 5.21. The van der Waals surface area contributed by atoms with Crippen LogP contribution in [0.3, 0.4) is 0 Å². The molecule has 3 aromatic rings. The van der Waals surface area contributed by atoms with Crippen molar-refractivity contribution in [2.24, 2.45) is 0 Å². The molecule has 0 saturated heterocycles. The number of fused-ring (bicyclic) bond motifs is 2. The molecule has 33 heavy (non-hydrogen) atoms. The molecule has 168 valence electrons. The molecule has 10 heteroatoms. The van der Waals surface area contributed by atoms with Gasteiger partial charge < -0.3 is 9.26 Å². The van der Waals surface area contributed by atoms with Crippen molar-refractivity contribution in [3.63, 3.8) is 0 Å². The second kappa shape index (κ2) is 7.73. The van der Waals surface area contributed by atoms with Crippen LogP contribution in [0.5, 0.6) is 0 Å². The van der Waals surface area contributed by atoms with Crippen LogP contribution in [-0.4, -0.2) is 32.6 Å². The largest absolute Gasteiger partial charge is 0.449 e. The van der Waals surface area contributed by atoms with E-state index in [1.807, 2.05) is 20.8 Å². The number of hydrogen-bond donors (Lipinski definition) is 0. The number of nitro benzene ring substituents is 1. The van der Waals surface area contributed by atoms with Crippen molar-refractivity contribution < 1.29 is 28.6 Å². The van der Waals surface area contributed by atoms with E-state index in [2.05, 4.69) is 10.1 Å². The number of esters is 1. The van der Waals surface area contributed by atoms with Gasteiger partial charge in [0.15, 0.2) is 17.7 Å². The molecular weight excluding hydrogens is 430 g/mol. The Labute approximate surface area is 187 Å². The Morgan fingerprint density at radius 1 is 1.06 bits per heavy atom. The molecule has 1 aromatic heterocycles. The molecule has 0 bridgehead atoms. The van der Waals surface area contributed by atoms with Gasteiger partial charge >= 0.3 is 5.97 Å². The quantitative estimate of drug-likeness (QED) is 0.257. The molecule has 4 rings (SSSR count). The average molecular weight is 449 g/mol. The molecule has 1 aliphatic carbocycles. The van der Waals surface area contributed by atoms with Gasteiger partial charge in [-0.2, -0.15) is 4.98 Å². The number of carbonyl (C=O) groups is 3. The Morgan fingerprint density at radius 2 is 1.70 bits per heavy atom. The highest BCUT2D eigenvalue weighted by molar-refractivity contribution is 6.30. The number of ketones is 2. The van der Waals surface area contributed by atoms with E-state index in [1.165, 1.54) is 25.1 Å². The number of aromatic nitrogens is 2. The van der Waals surface area contributed by atoms with E-state index in [0.29, 0.717) is 5.82 Å². The molecule has 0 N–H and O–H groups in total. The first-order chi connectivity index (χ1) is 15.5. The van der Waals surface area contributed by atoms with Gasteiger partial charge in [0, 0.05) is 22.1 Å². The third-order valence-corrected chi connectivity index (χ3v) is 5.21. The second-order valence-corrected chi connectivity index (χ2v) is 8.60. The van der Waals surface area contributed by atoms with Gasteiger partial charge in [-0.3, -0.25) is 19.7 Å². The summed E-state index contributed by atoms with van der Waals surface area (Å²) in [5.41, 5.74) is -2.01. The minimum atomic E-state index is -1.06. The van der Waals surface area contributed by atoms with Gasteiger partial charge in [-0.1, -0.05) is 50.2 Å². The van der Waals surface area contributed by atoms with Crippen molar-refractivity contribution in [2.75, 3.05) is 0 Å². The lowest BCUT2D eigenvalue weighted by Gasteiger charge is -2.18. The van der Waals surface area contributed by atoms with E-state index in [4.69, 9.17) is 9.26 Å².